The first-order valence-electron chi connectivity index (χ1n) is 7.89. The predicted molar refractivity (Wildman–Crippen MR) is 95.5 cm³/mol. The quantitative estimate of drug-likeness (QED) is 0.544. The van der Waals surface area contributed by atoms with Gasteiger partial charge in [0.1, 0.15) is 12.1 Å². The average molecular weight is 383 g/mol. The molecule has 1 aliphatic rings. The Kier molecular flexibility index (Phi) is 4.24. The van der Waals surface area contributed by atoms with E-state index in [4.69, 9.17) is 4.74 Å². The lowest BCUT2D eigenvalue weighted by molar-refractivity contribution is -0.387. The number of carbonyl (C=O) groups excluding carboxylic acids is 1. The number of rotatable bonds is 4. The first-order valence-corrected chi connectivity index (χ1v) is 8.71. The van der Waals surface area contributed by atoms with Gasteiger partial charge in [0.05, 0.1) is 15.4 Å². The zero-order valence-electron chi connectivity index (χ0n) is 14.0. The van der Waals surface area contributed by atoms with Crippen LogP contribution in [-0.2, 0) is 7.05 Å². The summed E-state index contributed by atoms with van der Waals surface area (Å²) < 4.78 is 7.47. The Morgan fingerprint density at radius 3 is 2.85 bits per heavy atom. The number of fused-ring (bicyclic) bond motifs is 1. The minimum absolute atomic E-state index is 0.0998. The maximum atomic E-state index is 12.3. The summed E-state index contributed by atoms with van der Waals surface area (Å²) >= 11 is 1.14. The van der Waals surface area contributed by atoms with Crippen molar-refractivity contribution >= 4 is 23.4 Å². The summed E-state index contributed by atoms with van der Waals surface area (Å²) in [6.07, 6.45) is 0.714. The topological polar surface area (TPSA) is 112 Å². The molecule has 2 aromatic carbocycles. The van der Waals surface area contributed by atoms with Crippen molar-refractivity contribution in [3.63, 3.8) is 0 Å². The normalized spacial score (nSPS) is 15.6. The van der Waals surface area contributed by atoms with Gasteiger partial charge in [0.2, 0.25) is 0 Å². The fourth-order valence-electron chi connectivity index (χ4n) is 2.65. The zero-order chi connectivity index (χ0) is 19.0. The summed E-state index contributed by atoms with van der Waals surface area (Å²) in [5.74, 6) is 0.147. The summed E-state index contributed by atoms with van der Waals surface area (Å²) in [4.78, 5) is 23.8. The lowest BCUT2D eigenvalue weighted by atomic mass is 10.1. The van der Waals surface area contributed by atoms with Crippen molar-refractivity contribution in [1.29, 1.82) is 0 Å². The number of para-hydroxylation sites is 1. The zero-order valence-corrected chi connectivity index (χ0v) is 14.8. The van der Waals surface area contributed by atoms with Crippen LogP contribution >= 0.6 is 11.8 Å². The molecule has 0 radical (unpaired) electrons. The van der Waals surface area contributed by atoms with E-state index in [2.05, 4.69) is 15.5 Å². The van der Waals surface area contributed by atoms with E-state index in [1.54, 1.807) is 48.0 Å². The number of aryl methyl sites for hydroxylation is 1. The van der Waals surface area contributed by atoms with Crippen LogP contribution in [-0.4, -0.2) is 25.6 Å². The molecule has 0 fully saturated rings. The third-order valence-corrected chi connectivity index (χ3v) is 5.11. The highest BCUT2D eigenvalue weighted by atomic mass is 32.2. The molecule has 0 bridgehead atoms. The summed E-state index contributed by atoms with van der Waals surface area (Å²) in [6.45, 7) is 0. The lowest BCUT2D eigenvalue weighted by Gasteiger charge is -2.26. The Morgan fingerprint density at radius 1 is 1.30 bits per heavy atom. The Hall–Kier alpha value is -3.40. The minimum Gasteiger partial charge on any atom is -0.466 e. The van der Waals surface area contributed by atoms with Crippen molar-refractivity contribution in [1.82, 2.24) is 20.1 Å². The van der Waals surface area contributed by atoms with Crippen LogP contribution in [0.2, 0.25) is 0 Å². The second-order valence-electron chi connectivity index (χ2n) is 5.78. The largest absolute Gasteiger partial charge is 0.466 e. The second-order valence-corrected chi connectivity index (χ2v) is 6.79. The van der Waals surface area contributed by atoms with Gasteiger partial charge in [-0.3, -0.25) is 14.9 Å². The van der Waals surface area contributed by atoms with Gasteiger partial charge in [-0.1, -0.05) is 18.2 Å². The number of ether oxygens (including phenoxy) is 1. The van der Waals surface area contributed by atoms with E-state index in [0.717, 1.165) is 11.8 Å². The highest BCUT2D eigenvalue weighted by molar-refractivity contribution is 7.99. The van der Waals surface area contributed by atoms with Crippen LogP contribution in [0.1, 0.15) is 22.1 Å². The fraction of sp³-hybridized carbons (Fsp3) is 0.118. The van der Waals surface area contributed by atoms with E-state index >= 15 is 0 Å². The first-order chi connectivity index (χ1) is 13.0. The molecule has 0 aliphatic carbocycles. The van der Waals surface area contributed by atoms with Gasteiger partial charge in [0.25, 0.3) is 11.6 Å². The number of carbonyl (C=O) groups is 1. The van der Waals surface area contributed by atoms with Crippen molar-refractivity contribution in [3.05, 3.63) is 70.0 Å². The molecule has 4 rings (SSSR count). The number of aromatic nitrogens is 3. The van der Waals surface area contributed by atoms with E-state index in [9.17, 15) is 14.9 Å². The third-order valence-electron chi connectivity index (χ3n) is 3.99. The van der Waals surface area contributed by atoms with E-state index in [-0.39, 0.29) is 11.6 Å². The van der Waals surface area contributed by atoms with Gasteiger partial charge in [-0.2, -0.15) is 0 Å². The van der Waals surface area contributed by atoms with Crippen LogP contribution in [0.4, 0.5) is 5.69 Å². The van der Waals surface area contributed by atoms with Gasteiger partial charge in [-0.15, -0.1) is 10.2 Å². The molecule has 136 valence electrons. The molecule has 9 nitrogen and oxygen atoms in total. The standard InChI is InChI=1S/C17H13N5O4S/c1-21-9-18-20-17(21)27-14-7-6-10(8-12(14)22(24)25)16-19-15(23)11-4-2-3-5-13(11)26-16/h2-9,16H,1H3,(H,19,23)/t16-/m0/s1. The van der Waals surface area contributed by atoms with Gasteiger partial charge >= 0.3 is 0 Å². The van der Waals surface area contributed by atoms with Gasteiger partial charge in [-0.25, -0.2) is 0 Å². The average Bonchev–Trinajstić information content (AvgIpc) is 3.06. The highest BCUT2D eigenvalue weighted by Crippen LogP contribution is 2.36. The minimum atomic E-state index is -0.806. The molecule has 2 heterocycles. The van der Waals surface area contributed by atoms with E-state index in [1.165, 1.54) is 12.4 Å². The number of benzene rings is 2. The summed E-state index contributed by atoms with van der Waals surface area (Å²) in [5, 5.41) is 22.5. The van der Waals surface area contributed by atoms with E-state index in [1.807, 2.05) is 0 Å². The van der Waals surface area contributed by atoms with Gasteiger partial charge < -0.3 is 14.6 Å². The molecule has 3 aromatic rings. The van der Waals surface area contributed by atoms with Crippen molar-refractivity contribution in [3.8, 4) is 5.75 Å². The fourth-order valence-corrected chi connectivity index (χ4v) is 3.50. The molecule has 10 heteroatoms. The van der Waals surface area contributed by atoms with Gasteiger partial charge in [0, 0.05) is 18.7 Å². The van der Waals surface area contributed by atoms with Crippen LogP contribution in [0.5, 0.6) is 5.75 Å². The van der Waals surface area contributed by atoms with E-state index in [0.29, 0.717) is 26.9 Å². The maximum Gasteiger partial charge on any atom is 0.283 e. The molecule has 1 amide bonds. The highest BCUT2D eigenvalue weighted by Gasteiger charge is 2.28. The molecular formula is C17H13N5O4S. The first kappa shape index (κ1) is 17.0. The number of nitro benzene ring substituents is 1. The molecule has 1 aromatic heterocycles. The number of nitrogens with zero attached hydrogens (tertiary/aromatic N) is 4. The Labute approximate surface area is 157 Å². The molecular weight excluding hydrogens is 370 g/mol. The van der Waals surface area contributed by atoms with Crippen LogP contribution in [0.25, 0.3) is 0 Å². The van der Waals surface area contributed by atoms with Crippen molar-refractivity contribution < 1.29 is 14.5 Å². The SMILES string of the molecule is Cn1cnnc1Sc1ccc([C@H]2NC(=O)c3ccccc3O2)cc1[N+](=O)[O-]. The van der Waals surface area contributed by atoms with Crippen LogP contribution in [0.3, 0.4) is 0 Å². The Bertz CT molecular complexity index is 1050. The van der Waals surface area contributed by atoms with Crippen LogP contribution < -0.4 is 10.1 Å². The van der Waals surface area contributed by atoms with Gasteiger partial charge in [0.15, 0.2) is 11.4 Å². The molecule has 0 spiro atoms. The molecule has 0 saturated carbocycles. The number of hydrogen-bond acceptors (Lipinski definition) is 7. The molecule has 1 N–H and O–H groups in total. The summed E-state index contributed by atoms with van der Waals surface area (Å²) in [6, 6.07) is 11.5. The van der Waals surface area contributed by atoms with Gasteiger partial charge in [-0.05, 0) is 30.0 Å². The van der Waals surface area contributed by atoms with E-state index < -0.39 is 11.2 Å². The smallest absolute Gasteiger partial charge is 0.283 e. The number of amides is 1. The Balaban J connectivity index is 1.67. The Morgan fingerprint density at radius 2 is 2.11 bits per heavy atom. The molecule has 0 saturated heterocycles. The number of nitro groups is 1. The summed E-state index contributed by atoms with van der Waals surface area (Å²) in [5.41, 5.74) is 0.807. The van der Waals surface area contributed by atoms with Crippen molar-refractivity contribution in [2.45, 2.75) is 16.3 Å². The van der Waals surface area contributed by atoms with Crippen LogP contribution in [0.15, 0.2) is 58.8 Å². The molecule has 1 atom stereocenters. The van der Waals surface area contributed by atoms with Crippen molar-refractivity contribution in [2.24, 2.45) is 7.05 Å². The second kappa shape index (κ2) is 6.72. The number of hydrogen-bond donors (Lipinski definition) is 1. The van der Waals surface area contributed by atoms with Crippen LogP contribution in [0, 0.1) is 10.1 Å². The monoisotopic (exact) mass is 383 g/mol. The third kappa shape index (κ3) is 3.22. The lowest BCUT2D eigenvalue weighted by Crippen LogP contribution is -2.36. The van der Waals surface area contributed by atoms with Crippen molar-refractivity contribution in [2.75, 3.05) is 0 Å². The maximum absolute atomic E-state index is 12.3. The molecule has 1 aliphatic heterocycles. The summed E-state index contributed by atoms with van der Waals surface area (Å²) in [7, 11) is 1.76. The molecule has 0 unspecified atom stereocenters. The molecule has 27 heavy (non-hydrogen) atoms. The predicted octanol–water partition coefficient (Wildman–Crippen LogP) is 2.70. The number of nitrogens with one attached hydrogen (secondary N) is 1.